The summed E-state index contributed by atoms with van der Waals surface area (Å²) in [5.74, 6) is 0. The Kier molecular flexibility index (Phi) is 3.82. The Hall–Kier alpha value is -1.17. The second-order valence-electron chi connectivity index (χ2n) is 2.28. The van der Waals surface area contributed by atoms with Gasteiger partial charge in [0.05, 0.1) is 5.22 Å². The van der Waals surface area contributed by atoms with E-state index in [1.54, 1.807) is 0 Å². The molecule has 0 N–H and O–H groups in total. The van der Waals surface area contributed by atoms with E-state index in [9.17, 15) is 17.2 Å². The van der Waals surface area contributed by atoms with Gasteiger partial charge in [0.25, 0.3) is 0 Å². The van der Waals surface area contributed by atoms with E-state index in [4.69, 9.17) is 0 Å². The van der Waals surface area contributed by atoms with Crippen molar-refractivity contribution in [2.45, 2.75) is 0 Å². The predicted octanol–water partition coefficient (Wildman–Crippen LogP) is 2.28. The Bertz CT molecular complexity index is 367. The van der Waals surface area contributed by atoms with Crippen LogP contribution in [0.1, 0.15) is 0 Å². The fraction of sp³-hybridized carbons (Fsp3) is 0. The van der Waals surface area contributed by atoms with Gasteiger partial charge in [-0.1, -0.05) is 12.1 Å². The summed E-state index contributed by atoms with van der Waals surface area (Å²) in [4.78, 5) is 2.83. The van der Waals surface area contributed by atoms with Gasteiger partial charge in [-0.25, -0.2) is 0 Å². The lowest BCUT2D eigenvalue weighted by atomic mass is 10.3. The maximum absolute atomic E-state index is 12.6. The number of hydrogen-bond donors (Lipinski definition) is 0. The molecule has 1 aromatic rings. The van der Waals surface area contributed by atoms with Gasteiger partial charge in [0, 0.05) is 9.74 Å². The molecule has 76 valence electrons. The Morgan fingerprint density at radius 2 is 1.57 bits per heavy atom. The van der Waals surface area contributed by atoms with Crippen molar-refractivity contribution in [3.8, 4) is 0 Å². The summed E-state index contributed by atoms with van der Waals surface area (Å²) in [5.41, 5.74) is 0. The van der Waals surface area contributed by atoms with Crippen molar-refractivity contribution in [2.75, 3.05) is 0 Å². The molecule has 0 aliphatic carbocycles. The van der Waals surface area contributed by atoms with Gasteiger partial charge in [0.1, 0.15) is 12.1 Å². The SMILES string of the molecule is FOC(F)=c1ccc(=C(F)SF)cc1. The highest BCUT2D eigenvalue weighted by Crippen LogP contribution is 2.16. The normalized spacial score (nSPS) is 9.71. The van der Waals surface area contributed by atoms with Gasteiger partial charge in [0.2, 0.25) is 0 Å². The van der Waals surface area contributed by atoms with Crippen molar-refractivity contribution >= 4 is 23.3 Å². The molecule has 0 saturated carbocycles. The standard InChI is InChI=1S/C8H4F4OS/c9-7(13-11)5-1-3-6(4-2-5)8(10)14-12/h1-4H. The van der Waals surface area contributed by atoms with E-state index in [0.717, 1.165) is 24.3 Å². The van der Waals surface area contributed by atoms with Gasteiger partial charge in [-0.3, -0.25) is 4.94 Å². The van der Waals surface area contributed by atoms with E-state index >= 15 is 0 Å². The maximum Gasteiger partial charge on any atom is 0.325 e. The molecule has 0 saturated heterocycles. The number of rotatable bonds is 2. The first-order chi connectivity index (χ1) is 6.69. The van der Waals surface area contributed by atoms with Crippen LogP contribution in [-0.2, 0) is 4.94 Å². The molecule has 0 radical (unpaired) electrons. The lowest BCUT2D eigenvalue weighted by molar-refractivity contribution is -0.0658. The second kappa shape index (κ2) is 4.90. The van der Waals surface area contributed by atoms with E-state index < -0.39 is 23.3 Å². The van der Waals surface area contributed by atoms with E-state index in [1.165, 1.54) is 0 Å². The molecule has 0 heterocycles. The zero-order valence-corrected chi connectivity index (χ0v) is 7.45. The molecule has 14 heavy (non-hydrogen) atoms. The fourth-order valence-corrected chi connectivity index (χ4v) is 1.05. The molecule has 0 atom stereocenters. The second-order valence-corrected chi connectivity index (χ2v) is 2.79. The van der Waals surface area contributed by atoms with Crippen LogP contribution in [0.25, 0.3) is 11.2 Å². The number of hydrogen-bond acceptors (Lipinski definition) is 2. The van der Waals surface area contributed by atoms with Crippen LogP contribution in [0, 0.1) is 0 Å². The molecule has 0 spiro atoms. The summed E-state index contributed by atoms with van der Waals surface area (Å²) in [6.07, 6.45) is 0. The maximum atomic E-state index is 12.6. The largest absolute Gasteiger partial charge is 0.325 e. The molecular weight excluding hydrogens is 220 g/mol. The number of benzene rings is 1. The summed E-state index contributed by atoms with van der Waals surface area (Å²) < 4.78 is 48.1. The Morgan fingerprint density at radius 3 is 2.00 bits per heavy atom. The number of halogens is 4. The van der Waals surface area contributed by atoms with Gasteiger partial charge in [-0.2, -0.15) is 12.7 Å². The van der Waals surface area contributed by atoms with Crippen LogP contribution in [0.3, 0.4) is 0 Å². The summed E-state index contributed by atoms with van der Waals surface area (Å²) in [6, 6.07) is 2.93. The van der Waals surface area contributed by atoms with Gasteiger partial charge in [-0.15, -0.1) is 0 Å². The molecule has 6 heteroatoms. The van der Waals surface area contributed by atoms with Crippen LogP contribution in [0.5, 0.6) is 0 Å². The van der Waals surface area contributed by atoms with E-state index in [1.807, 2.05) is 0 Å². The van der Waals surface area contributed by atoms with E-state index in [-0.39, 0.29) is 10.4 Å². The average molecular weight is 224 g/mol. The Morgan fingerprint density at radius 1 is 1.07 bits per heavy atom. The zero-order chi connectivity index (χ0) is 10.6. The topological polar surface area (TPSA) is 9.23 Å². The minimum atomic E-state index is -1.43. The highest BCUT2D eigenvalue weighted by Gasteiger charge is 1.98. The molecule has 0 amide bonds. The molecule has 0 aromatic heterocycles. The zero-order valence-electron chi connectivity index (χ0n) is 6.64. The lowest BCUT2D eigenvalue weighted by Gasteiger charge is -1.90. The molecule has 0 aliphatic rings. The summed E-state index contributed by atoms with van der Waals surface area (Å²) in [6.45, 7) is 0. The minimum absolute atomic E-state index is 0.0482. The molecule has 0 bridgehead atoms. The van der Waals surface area contributed by atoms with Gasteiger partial charge >= 0.3 is 6.01 Å². The van der Waals surface area contributed by atoms with E-state index in [2.05, 4.69) is 4.94 Å². The molecule has 1 nitrogen and oxygen atoms in total. The summed E-state index contributed by atoms with van der Waals surface area (Å²) in [5, 5.41) is -1.28. The molecule has 1 aromatic carbocycles. The quantitative estimate of drug-likeness (QED) is 0.713. The van der Waals surface area contributed by atoms with Crippen molar-refractivity contribution in [2.24, 2.45) is 0 Å². The van der Waals surface area contributed by atoms with Crippen LogP contribution in [0.15, 0.2) is 24.3 Å². The van der Waals surface area contributed by atoms with Crippen LogP contribution in [-0.4, -0.2) is 0 Å². The van der Waals surface area contributed by atoms with Crippen molar-refractivity contribution in [1.82, 2.24) is 0 Å². The fourth-order valence-electron chi connectivity index (χ4n) is 0.821. The first-order valence-corrected chi connectivity index (χ1v) is 4.13. The van der Waals surface area contributed by atoms with Crippen molar-refractivity contribution in [3.05, 3.63) is 34.7 Å². The monoisotopic (exact) mass is 224 g/mol. The smallest absolute Gasteiger partial charge is 0.262 e. The Balaban J connectivity index is 3.26. The first-order valence-electron chi connectivity index (χ1n) is 3.42. The van der Waals surface area contributed by atoms with Crippen LogP contribution in [0.2, 0.25) is 0 Å². The van der Waals surface area contributed by atoms with Gasteiger partial charge < -0.3 is 0 Å². The average Bonchev–Trinajstić information content (AvgIpc) is 2.27. The third kappa shape index (κ3) is 2.41. The first kappa shape index (κ1) is 10.9. The lowest BCUT2D eigenvalue weighted by Crippen LogP contribution is -2.09. The van der Waals surface area contributed by atoms with Crippen molar-refractivity contribution in [3.63, 3.8) is 0 Å². The molecule has 1 rings (SSSR count). The molecule has 0 fully saturated rings. The minimum Gasteiger partial charge on any atom is -0.262 e. The Labute approximate surface area is 80.9 Å². The van der Waals surface area contributed by atoms with Gasteiger partial charge in [0.15, 0.2) is 5.16 Å². The van der Waals surface area contributed by atoms with Gasteiger partial charge in [-0.05, 0) is 12.1 Å². The third-order valence-electron chi connectivity index (χ3n) is 1.47. The predicted molar refractivity (Wildman–Crippen MR) is 45.6 cm³/mol. The van der Waals surface area contributed by atoms with Crippen LogP contribution < -0.4 is 10.4 Å². The molecular formula is C8H4F4OS. The van der Waals surface area contributed by atoms with Crippen molar-refractivity contribution < 1.29 is 22.1 Å². The summed E-state index contributed by atoms with van der Waals surface area (Å²) >= 11 is -0.558. The van der Waals surface area contributed by atoms with Crippen LogP contribution in [0.4, 0.5) is 17.2 Å². The highest BCUT2D eigenvalue weighted by molar-refractivity contribution is 8.02. The van der Waals surface area contributed by atoms with Crippen LogP contribution >= 0.6 is 12.1 Å². The van der Waals surface area contributed by atoms with Crippen molar-refractivity contribution in [1.29, 1.82) is 0 Å². The summed E-state index contributed by atoms with van der Waals surface area (Å²) in [7, 11) is 0. The van der Waals surface area contributed by atoms with E-state index in [0.29, 0.717) is 0 Å². The molecule has 0 aliphatic heterocycles. The molecule has 0 unspecified atom stereocenters. The highest BCUT2D eigenvalue weighted by atomic mass is 32.2. The third-order valence-corrected chi connectivity index (χ3v) is 1.85.